The number of aliphatic hydroxyl groups is 1. The predicted octanol–water partition coefficient (Wildman–Crippen LogP) is 1.64. The Morgan fingerprint density at radius 3 is 2.59 bits per heavy atom. The molecule has 1 rings (SSSR count). The smallest absolute Gasteiger partial charge is 0.236 e. The highest BCUT2D eigenvalue weighted by Gasteiger charge is 2.15. The van der Waals surface area contributed by atoms with Crippen molar-refractivity contribution in [2.45, 2.75) is 26.5 Å². The Labute approximate surface area is 110 Å². The molecular formula is C12H17BrN2O2. The molecule has 0 fully saturated rings. The summed E-state index contributed by atoms with van der Waals surface area (Å²) in [4.78, 5) is 13.0. The topological polar surface area (TPSA) is 66.6 Å². The molecule has 0 bridgehead atoms. The summed E-state index contributed by atoms with van der Waals surface area (Å²) in [5, 5.41) is 9.04. The third-order valence-corrected chi connectivity index (χ3v) is 3.09. The van der Waals surface area contributed by atoms with E-state index in [1.54, 1.807) is 0 Å². The number of aliphatic hydroxyl groups excluding tert-OH is 1. The van der Waals surface area contributed by atoms with Crippen molar-refractivity contribution >= 4 is 27.5 Å². The molecule has 5 heteroatoms. The number of carbonyl (C=O) groups is 1. The van der Waals surface area contributed by atoms with Gasteiger partial charge in [-0.25, -0.2) is 0 Å². The summed E-state index contributed by atoms with van der Waals surface area (Å²) in [5.74, 6) is -0.364. The number of nitrogens with two attached hydrogens (primary N) is 1. The Hall–Kier alpha value is -1.07. The number of primary amides is 1. The molecule has 0 heterocycles. The Morgan fingerprint density at radius 1 is 1.53 bits per heavy atom. The lowest BCUT2D eigenvalue weighted by Gasteiger charge is -2.28. The number of anilines is 1. The first-order valence-electron chi connectivity index (χ1n) is 5.40. The Balaban J connectivity index is 3.06. The summed E-state index contributed by atoms with van der Waals surface area (Å²) in [6, 6.07) is 5.71. The molecule has 0 aliphatic heterocycles. The molecule has 3 N–H and O–H groups in total. The molecule has 0 aliphatic carbocycles. The quantitative estimate of drug-likeness (QED) is 0.869. The molecule has 0 unspecified atom stereocenters. The van der Waals surface area contributed by atoms with E-state index in [-0.39, 0.29) is 25.1 Å². The summed E-state index contributed by atoms with van der Waals surface area (Å²) >= 11 is 3.44. The van der Waals surface area contributed by atoms with Gasteiger partial charge in [0.2, 0.25) is 5.91 Å². The maximum Gasteiger partial charge on any atom is 0.236 e. The average molecular weight is 301 g/mol. The third-order valence-electron chi connectivity index (χ3n) is 2.45. The zero-order valence-corrected chi connectivity index (χ0v) is 11.6. The lowest BCUT2D eigenvalue weighted by atomic mass is 10.2. The molecule has 1 aromatic carbocycles. The maximum atomic E-state index is 11.0. The number of hydrogen-bond acceptors (Lipinski definition) is 3. The second kappa shape index (κ2) is 6.02. The Kier molecular flexibility index (Phi) is 4.96. The maximum absolute atomic E-state index is 11.0. The van der Waals surface area contributed by atoms with Crippen molar-refractivity contribution in [1.29, 1.82) is 0 Å². The van der Waals surface area contributed by atoms with Crippen LogP contribution in [0.1, 0.15) is 19.4 Å². The fourth-order valence-corrected chi connectivity index (χ4v) is 2.25. The van der Waals surface area contributed by atoms with Gasteiger partial charge in [-0.2, -0.15) is 0 Å². The van der Waals surface area contributed by atoms with E-state index < -0.39 is 0 Å². The highest BCUT2D eigenvalue weighted by Crippen LogP contribution is 2.28. The van der Waals surface area contributed by atoms with Crippen molar-refractivity contribution in [1.82, 2.24) is 0 Å². The minimum absolute atomic E-state index is 0.00359. The molecule has 1 amide bonds. The van der Waals surface area contributed by atoms with Crippen molar-refractivity contribution in [2.75, 3.05) is 11.4 Å². The van der Waals surface area contributed by atoms with Crippen LogP contribution in [0.3, 0.4) is 0 Å². The summed E-state index contributed by atoms with van der Waals surface area (Å²) in [5.41, 5.74) is 6.96. The van der Waals surface area contributed by atoms with Gasteiger partial charge in [0.25, 0.3) is 0 Å². The minimum Gasteiger partial charge on any atom is -0.392 e. The van der Waals surface area contributed by atoms with Crippen LogP contribution in [-0.4, -0.2) is 23.6 Å². The molecule has 94 valence electrons. The SMILES string of the molecule is CC(C)N(CC(N)=O)c1ccc(CO)cc1Br. The van der Waals surface area contributed by atoms with E-state index in [1.165, 1.54) is 0 Å². The molecule has 0 saturated carbocycles. The number of nitrogens with zero attached hydrogens (tertiary/aromatic N) is 1. The third kappa shape index (κ3) is 3.71. The van der Waals surface area contributed by atoms with E-state index in [0.717, 1.165) is 15.7 Å². The van der Waals surface area contributed by atoms with Gasteiger partial charge in [0.1, 0.15) is 0 Å². The van der Waals surface area contributed by atoms with Crippen LogP contribution in [0.4, 0.5) is 5.69 Å². The lowest BCUT2D eigenvalue weighted by Crippen LogP contribution is -2.38. The molecule has 0 radical (unpaired) electrons. The predicted molar refractivity (Wildman–Crippen MR) is 71.7 cm³/mol. The first-order chi connectivity index (χ1) is 7.95. The molecule has 0 spiro atoms. The van der Waals surface area contributed by atoms with Gasteiger partial charge in [-0.3, -0.25) is 4.79 Å². The van der Waals surface area contributed by atoms with E-state index in [4.69, 9.17) is 10.8 Å². The van der Waals surface area contributed by atoms with Gasteiger partial charge in [0, 0.05) is 10.5 Å². The molecule has 4 nitrogen and oxygen atoms in total. The fourth-order valence-electron chi connectivity index (χ4n) is 1.60. The molecule has 0 aliphatic rings. The highest BCUT2D eigenvalue weighted by molar-refractivity contribution is 9.10. The van der Waals surface area contributed by atoms with Gasteiger partial charge in [0.15, 0.2) is 0 Å². The number of benzene rings is 1. The average Bonchev–Trinajstić information content (AvgIpc) is 2.25. The monoisotopic (exact) mass is 300 g/mol. The Bertz CT molecular complexity index is 407. The first kappa shape index (κ1) is 14.0. The number of amides is 1. The van der Waals surface area contributed by atoms with Crippen LogP contribution in [0.25, 0.3) is 0 Å². The van der Waals surface area contributed by atoms with E-state index in [2.05, 4.69) is 15.9 Å². The van der Waals surface area contributed by atoms with Crippen LogP contribution in [-0.2, 0) is 11.4 Å². The molecule has 17 heavy (non-hydrogen) atoms. The van der Waals surface area contributed by atoms with Gasteiger partial charge in [-0.1, -0.05) is 6.07 Å². The van der Waals surface area contributed by atoms with Crippen LogP contribution in [0.5, 0.6) is 0 Å². The highest BCUT2D eigenvalue weighted by atomic mass is 79.9. The summed E-state index contributed by atoms with van der Waals surface area (Å²) in [7, 11) is 0. The number of hydrogen-bond donors (Lipinski definition) is 2. The summed E-state index contributed by atoms with van der Waals surface area (Å²) in [6.07, 6.45) is 0. The van der Waals surface area contributed by atoms with Crippen molar-refractivity contribution < 1.29 is 9.90 Å². The van der Waals surface area contributed by atoms with Crippen molar-refractivity contribution in [3.05, 3.63) is 28.2 Å². The van der Waals surface area contributed by atoms with Crippen molar-refractivity contribution in [3.63, 3.8) is 0 Å². The fraction of sp³-hybridized carbons (Fsp3) is 0.417. The van der Waals surface area contributed by atoms with Gasteiger partial charge in [0.05, 0.1) is 18.8 Å². The van der Waals surface area contributed by atoms with Gasteiger partial charge in [-0.05, 0) is 47.5 Å². The second-order valence-electron chi connectivity index (χ2n) is 4.13. The summed E-state index contributed by atoms with van der Waals surface area (Å²) < 4.78 is 0.846. The largest absolute Gasteiger partial charge is 0.392 e. The Morgan fingerprint density at radius 2 is 2.18 bits per heavy atom. The zero-order valence-electron chi connectivity index (χ0n) is 9.98. The molecule has 0 aromatic heterocycles. The van der Waals surface area contributed by atoms with Crippen molar-refractivity contribution in [3.8, 4) is 0 Å². The normalized spacial score (nSPS) is 10.6. The van der Waals surface area contributed by atoms with Crippen LogP contribution in [0.15, 0.2) is 22.7 Å². The number of halogens is 1. The number of rotatable bonds is 5. The summed E-state index contributed by atoms with van der Waals surface area (Å²) in [6.45, 7) is 4.16. The van der Waals surface area contributed by atoms with Crippen LogP contribution < -0.4 is 10.6 Å². The van der Waals surface area contributed by atoms with E-state index in [9.17, 15) is 4.79 Å². The van der Waals surface area contributed by atoms with Crippen LogP contribution >= 0.6 is 15.9 Å². The standard InChI is InChI=1S/C12H17BrN2O2/c1-8(2)15(6-12(14)17)11-4-3-9(7-16)5-10(11)13/h3-5,8,16H,6-7H2,1-2H3,(H2,14,17). The van der Waals surface area contributed by atoms with Crippen LogP contribution in [0, 0.1) is 0 Å². The first-order valence-corrected chi connectivity index (χ1v) is 6.19. The number of carbonyl (C=O) groups excluding carboxylic acids is 1. The van der Waals surface area contributed by atoms with E-state index >= 15 is 0 Å². The molecule has 1 aromatic rings. The molecular weight excluding hydrogens is 284 g/mol. The van der Waals surface area contributed by atoms with Crippen molar-refractivity contribution in [2.24, 2.45) is 5.73 Å². The van der Waals surface area contributed by atoms with Gasteiger partial charge >= 0.3 is 0 Å². The van der Waals surface area contributed by atoms with E-state index in [0.29, 0.717) is 0 Å². The van der Waals surface area contributed by atoms with E-state index in [1.807, 2.05) is 36.9 Å². The lowest BCUT2D eigenvalue weighted by molar-refractivity contribution is -0.116. The zero-order chi connectivity index (χ0) is 13.0. The molecule has 0 saturated heterocycles. The van der Waals surface area contributed by atoms with Crippen LogP contribution in [0.2, 0.25) is 0 Å². The van der Waals surface area contributed by atoms with Gasteiger partial charge < -0.3 is 15.7 Å². The minimum atomic E-state index is -0.364. The van der Waals surface area contributed by atoms with Gasteiger partial charge in [-0.15, -0.1) is 0 Å². The second-order valence-corrected chi connectivity index (χ2v) is 4.99. The molecule has 0 atom stereocenters.